The van der Waals surface area contributed by atoms with E-state index >= 15 is 0 Å². The highest BCUT2D eigenvalue weighted by atomic mass is 35.5. The number of halogens is 1. The molecule has 5 heteroatoms. The molecule has 1 heterocycles. The number of anilines is 2. The highest BCUT2D eigenvalue weighted by molar-refractivity contribution is 6.31. The van der Waals surface area contributed by atoms with E-state index in [1.54, 1.807) is 0 Å². The Bertz CT molecular complexity index is 572. The molecule has 0 spiro atoms. The molecule has 0 atom stereocenters. The van der Waals surface area contributed by atoms with Crippen molar-refractivity contribution in [2.45, 2.75) is 26.8 Å². The predicted molar refractivity (Wildman–Crippen MR) is 84.3 cm³/mol. The molecule has 1 aromatic carbocycles. The summed E-state index contributed by atoms with van der Waals surface area (Å²) in [6.45, 7) is 5.58. The number of aryl methyl sites for hydroxylation is 1. The van der Waals surface area contributed by atoms with Gasteiger partial charge in [0.2, 0.25) is 5.95 Å². The van der Waals surface area contributed by atoms with E-state index < -0.39 is 0 Å². The van der Waals surface area contributed by atoms with Gasteiger partial charge in [0.15, 0.2) is 0 Å². The quantitative estimate of drug-likeness (QED) is 0.848. The maximum Gasteiger partial charge on any atom is 0.224 e. The van der Waals surface area contributed by atoms with Crippen molar-refractivity contribution in [2.24, 2.45) is 0 Å². The molecule has 0 aliphatic rings. The molecule has 106 valence electrons. The monoisotopic (exact) mass is 290 g/mol. The number of benzene rings is 1. The van der Waals surface area contributed by atoms with Gasteiger partial charge in [-0.15, -0.1) is 0 Å². The number of hydrogen-bond acceptors (Lipinski definition) is 4. The van der Waals surface area contributed by atoms with Gasteiger partial charge < -0.3 is 10.6 Å². The van der Waals surface area contributed by atoms with Crippen LogP contribution in [0.15, 0.2) is 30.3 Å². The van der Waals surface area contributed by atoms with E-state index in [1.807, 2.05) is 37.3 Å². The van der Waals surface area contributed by atoms with Crippen LogP contribution in [0.25, 0.3) is 0 Å². The number of aromatic nitrogens is 2. The molecule has 0 saturated heterocycles. The van der Waals surface area contributed by atoms with Gasteiger partial charge in [0.1, 0.15) is 5.82 Å². The highest BCUT2D eigenvalue weighted by Gasteiger charge is 2.03. The molecule has 4 nitrogen and oxygen atoms in total. The first-order chi connectivity index (χ1) is 9.69. The predicted octanol–water partition coefficient (Wildman–Crippen LogP) is 3.87. The Morgan fingerprint density at radius 2 is 1.95 bits per heavy atom. The largest absolute Gasteiger partial charge is 0.366 e. The first-order valence-electron chi connectivity index (χ1n) is 6.76. The average Bonchev–Trinajstić information content (AvgIpc) is 2.44. The summed E-state index contributed by atoms with van der Waals surface area (Å²) in [5.41, 5.74) is 1.98. The summed E-state index contributed by atoms with van der Waals surface area (Å²) in [6.07, 6.45) is 1.04. The molecule has 1 aromatic heterocycles. The Morgan fingerprint density at radius 1 is 1.15 bits per heavy atom. The van der Waals surface area contributed by atoms with E-state index in [4.69, 9.17) is 11.6 Å². The minimum absolute atomic E-state index is 0.642. The minimum atomic E-state index is 0.642. The fourth-order valence-electron chi connectivity index (χ4n) is 1.80. The Hall–Kier alpha value is -1.81. The van der Waals surface area contributed by atoms with Crippen molar-refractivity contribution in [1.29, 1.82) is 0 Å². The van der Waals surface area contributed by atoms with Gasteiger partial charge in [-0.3, -0.25) is 0 Å². The molecule has 0 aliphatic heterocycles. The molecule has 0 fully saturated rings. The van der Waals surface area contributed by atoms with E-state index in [9.17, 15) is 0 Å². The summed E-state index contributed by atoms with van der Waals surface area (Å²) in [5.74, 6) is 1.46. The minimum Gasteiger partial charge on any atom is -0.366 e. The van der Waals surface area contributed by atoms with Gasteiger partial charge in [0.25, 0.3) is 0 Å². The van der Waals surface area contributed by atoms with Crippen molar-refractivity contribution in [2.75, 3.05) is 17.2 Å². The lowest BCUT2D eigenvalue weighted by molar-refractivity contribution is 0.943. The topological polar surface area (TPSA) is 49.8 Å². The van der Waals surface area contributed by atoms with Gasteiger partial charge in [0, 0.05) is 29.9 Å². The molecule has 2 N–H and O–H groups in total. The standard InChI is InChI=1S/C15H19ClN4/c1-3-8-17-15-19-11(2)9-14(20-15)18-10-12-6-4-5-7-13(12)16/h4-7,9H,3,8,10H2,1-2H3,(H2,17,18,19,20). The molecular weight excluding hydrogens is 272 g/mol. The van der Waals surface area contributed by atoms with Gasteiger partial charge in [0.05, 0.1) is 0 Å². The third-order valence-electron chi connectivity index (χ3n) is 2.81. The summed E-state index contributed by atoms with van der Waals surface area (Å²) in [6, 6.07) is 9.71. The molecule has 0 saturated carbocycles. The molecule has 0 bridgehead atoms. The third-order valence-corrected chi connectivity index (χ3v) is 3.17. The molecule has 20 heavy (non-hydrogen) atoms. The van der Waals surface area contributed by atoms with Crippen LogP contribution >= 0.6 is 11.6 Å². The Kier molecular flexibility index (Phi) is 5.18. The van der Waals surface area contributed by atoms with E-state index in [0.717, 1.165) is 35.1 Å². The lowest BCUT2D eigenvalue weighted by atomic mass is 10.2. The summed E-state index contributed by atoms with van der Waals surface area (Å²) in [4.78, 5) is 8.80. The van der Waals surface area contributed by atoms with Crippen LogP contribution in [0.4, 0.5) is 11.8 Å². The van der Waals surface area contributed by atoms with Crippen LogP contribution in [0.3, 0.4) is 0 Å². The smallest absolute Gasteiger partial charge is 0.224 e. The van der Waals surface area contributed by atoms with Gasteiger partial charge >= 0.3 is 0 Å². The van der Waals surface area contributed by atoms with Crippen molar-refractivity contribution < 1.29 is 0 Å². The normalized spacial score (nSPS) is 10.3. The molecule has 0 aliphatic carbocycles. The molecule has 0 amide bonds. The van der Waals surface area contributed by atoms with Crippen molar-refractivity contribution >= 4 is 23.4 Å². The second-order valence-corrected chi connectivity index (χ2v) is 5.00. The zero-order chi connectivity index (χ0) is 14.4. The first-order valence-corrected chi connectivity index (χ1v) is 7.13. The van der Waals surface area contributed by atoms with E-state index in [2.05, 4.69) is 27.5 Å². The lowest BCUT2D eigenvalue weighted by Crippen LogP contribution is -2.08. The second-order valence-electron chi connectivity index (χ2n) is 4.59. The summed E-state index contributed by atoms with van der Waals surface area (Å²) < 4.78 is 0. The third kappa shape index (κ3) is 4.10. The van der Waals surface area contributed by atoms with Crippen LogP contribution in [-0.2, 0) is 6.54 Å². The van der Waals surface area contributed by atoms with Crippen LogP contribution in [0, 0.1) is 6.92 Å². The molecule has 0 radical (unpaired) electrons. The van der Waals surface area contributed by atoms with Gasteiger partial charge in [-0.2, -0.15) is 4.98 Å². The van der Waals surface area contributed by atoms with Crippen molar-refractivity contribution in [3.8, 4) is 0 Å². The second kappa shape index (κ2) is 7.10. The fourth-order valence-corrected chi connectivity index (χ4v) is 2.01. The molecule has 2 aromatic rings. The summed E-state index contributed by atoms with van der Waals surface area (Å²) in [7, 11) is 0. The lowest BCUT2D eigenvalue weighted by Gasteiger charge is -2.10. The highest BCUT2D eigenvalue weighted by Crippen LogP contribution is 2.17. The Labute approximate surface area is 124 Å². The van der Waals surface area contributed by atoms with Crippen LogP contribution in [0.2, 0.25) is 5.02 Å². The van der Waals surface area contributed by atoms with Crippen molar-refractivity contribution in [1.82, 2.24) is 9.97 Å². The SMILES string of the molecule is CCCNc1nc(C)cc(NCc2ccccc2Cl)n1. The first kappa shape index (κ1) is 14.6. The van der Waals surface area contributed by atoms with Crippen LogP contribution < -0.4 is 10.6 Å². The van der Waals surface area contributed by atoms with E-state index in [-0.39, 0.29) is 0 Å². The summed E-state index contributed by atoms with van der Waals surface area (Å²) in [5, 5.41) is 7.24. The van der Waals surface area contributed by atoms with Crippen molar-refractivity contribution in [3.05, 3.63) is 46.6 Å². The van der Waals surface area contributed by atoms with Crippen LogP contribution in [0.5, 0.6) is 0 Å². The van der Waals surface area contributed by atoms with Gasteiger partial charge in [-0.25, -0.2) is 4.98 Å². The zero-order valence-corrected chi connectivity index (χ0v) is 12.5. The Balaban J connectivity index is 2.05. The average molecular weight is 291 g/mol. The van der Waals surface area contributed by atoms with Gasteiger partial charge in [-0.05, 0) is 25.0 Å². The number of nitrogens with one attached hydrogen (secondary N) is 2. The van der Waals surface area contributed by atoms with E-state index in [1.165, 1.54) is 0 Å². The number of hydrogen-bond donors (Lipinski definition) is 2. The Morgan fingerprint density at radius 3 is 2.70 bits per heavy atom. The van der Waals surface area contributed by atoms with Crippen molar-refractivity contribution in [3.63, 3.8) is 0 Å². The fraction of sp³-hybridized carbons (Fsp3) is 0.333. The number of nitrogens with zero attached hydrogens (tertiary/aromatic N) is 2. The molecular formula is C15H19ClN4. The molecule has 0 unspecified atom stereocenters. The van der Waals surface area contributed by atoms with Crippen LogP contribution in [-0.4, -0.2) is 16.5 Å². The maximum absolute atomic E-state index is 6.14. The molecule has 2 rings (SSSR count). The summed E-state index contributed by atoms with van der Waals surface area (Å²) >= 11 is 6.14. The van der Waals surface area contributed by atoms with Crippen LogP contribution in [0.1, 0.15) is 24.6 Å². The van der Waals surface area contributed by atoms with Gasteiger partial charge in [-0.1, -0.05) is 36.7 Å². The van der Waals surface area contributed by atoms with E-state index in [0.29, 0.717) is 12.5 Å². The number of rotatable bonds is 6. The maximum atomic E-state index is 6.14. The zero-order valence-electron chi connectivity index (χ0n) is 11.8.